The fourth-order valence-electron chi connectivity index (χ4n) is 2.49. The lowest BCUT2D eigenvalue weighted by atomic mass is 10.1. The number of amides is 2. The van der Waals surface area contributed by atoms with Crippen molar-refractivity contribution in [2.24, 2.45) is 0 Å². The lowest BCUT2D eigenvalue weighted by Gasteiger charge is -2.21. The minimum atomic E-state index is -0.498. The average Bonchev–Trinajstić information content (AvgIpc) is 2.66. The normalized spacial score (nSPS) is 10.1. The molecule has 26 heavy (non-hydrogen) atoms. The van der Waals surface area contributed by atoms with Crippen molar-refractivity contribution in [2.45, 2.75) is 13.3 Å². The molecule has 0 unspecified atom stereocenters. The number of carbonyl (C=O) groups is 3. The Morgan fingerprint density at radius 1 is 1.04 bits per heavy atom. The van der Waals surface area contributed by atoms with Gasteiger partial charge in [-0.25, -0.2) is 4.79 Å². The van der Waals surface area contributed by atoms with Crippen molar-refractivity contribution in [3.8, 4) is 0 Å². The zero-order chi connectivity index (χ0) is 18.9. The van der Waals surface area contributed by atoms with Crippen LogP contribution in [0.25, 0.3) is 0 Å². The summed E-state index contributed by atoms with van der Waals surface area (Å²) in [4.78, 5) is 37.1. The van der Waals surface area contributed by atoms with Gasteiger partial charge in [0.2, 0.25) is 11.8 Å². The third-order valence-corrected chi connectivity index (χ3v) is 3.84. The Kier molecular flexibility index (Phi) is 6.91. The summed E-state index contributed by atoms with van der Waals surface area (Å²) in [7, 11) is 1.29. The van der Waals surface area contributed by atoms with Crippen LogP contribution in [0.5, 0.6) is 0 Å². The molecule has 0 aromatic heterocycles. The number of benzene rings is 2. The van der Waals surface area contributed by atoms with Crippen LogP contribution in [0.15, 0.2) is 54.6 Å². The van der Waals surface area contributed by atoms with Crippen LogP contribution in [0.3, 0.4) is 0 Å². The van der Waals surface area contributed by atoms with E-state index < -0.39 is 5.97 Å². The Morgan fingerprint density at radius 2 is 1.77 bits per heavy atom. The minimum absolute atomic E-state index is 0.116. The van der Waals surface area contributed by atoms with Crippen molar-refractivity contribution in [2.75, 3.05) is 25.1 Å². The molecule has 0 atom stereocenters. The van der Waals surface area contributed by atoms with Gasteiger partial charge in [-0.15, -0.1) is 0 Å². The van der Waals surface area contributed by atoms with E-state index in [-0.39, 0.29) is 18.4 Å². The second-order valence-corrected chi connectivity index (χ2v) is 5.73. The van der Waals surface area contributed by atoms with Gasteiger partial charge in [-0.05, 0) is 30.2 Å². The van der Waals surface area contributed by atoms with Crippen LogP contribution in [0.4, 0.5) is 5.69 Å². The molecule has 0 bridgehead atoms. The molecule has 0 heterocycles. The van der Waals surface area contributed by atoms with Crippen LogP contribution in [0.2, 0.25) is 0 Å². The van der Waals surface area contributed by atoms with E-state index in [0.29, 0.717) is 24.2 Å². The highest BCUT2D eigenvalue weighted by Crippen LogP contribution is 2.17. The Balaban J connectivity index is 1.98. The van der Waals surface area contributed by atoms with Gasteiger partial charge in [-0.2, -0.15) is 0 Å². The lowest BCUT2D eigenvalue weighted by molar-refractivity contribution is -0.123. The van der Waals surface area contributed by atoms with Crippen LogP contribution in [-0.4, -0.2) is 38.0 Å². The largest absolute Gasteiger partial charge is 0.465 e. The Hall–Kier alpha value is -3.15. The molecule has 6 heteroatoms. The smallest absolute Gasteiger partial charge is 0.337 e. The van der Waals surface area contributed by atoms with E-state index >= 15 is 0 Å². The molecule has 136 valence electrons. The molecule has 6 nitrogen and oxygen atoms in total. The Morgan fingerprint density at radius 3 is 2.42 bits per heavy atom. The van der Waals surface area contributed by atoms with Crippen molar-refractivity contribution in [1.29, 1.82) is 0 Å². The fraction of sp³-hybridized carbons (Fsp3) is 0.250. The first kappa shape index (κ1) is 19.2. The number of carbonyl (C=O) groups excluding carboxylic acids is 3. The summed E-state index contributed by atoms with van der Waals surface area (Å²) in [5.41, 5.74) is 1.92. The molecule has 2 aromatic carbocycles. The van der Waals surface area contributed by atoms with Crippen molar-refractivity contribution >= 4 is 23.5 Å². The topological polar surface area (TPSA) is 75.7 Å². The molecule has 0 radical (unpaired) electrons. The van der Waals surface area contributed by atoms with Gasteiger partial charge >= 0.3 is 5.97 Å². The average molecular weight is 354 g/mol. The lowest BCUT2D eigenvalue weighted by Crippen LogP contribution is -2.40. The predicted molar refractivity (Wildman–Crippen MR) is 99.0 cm³/mol. The van der Waals surface area contributed by atoms with Crippen LogP contribution in [0.1, 0.15) is 22.8 Å². The summed E-state index contributed by atoms with van der Waals surface area (Å²) in [6.45, 7) is 1.74. The Labute approximate surface area is 152 Å². The molecule has 0 aliphatic rings. The number of hydrogen-bond donors (Lipinski definition) is 1. The van der Waals surface area contributed by atoms with Crippen LogP contribution in [-0.2, 0) is 20.7 Å². The van der Waals surface area contributed by atoms with Gasteiger partial charge in [-0.3, -0.25) is 9.59 Å². The summed E-state index contributed by atoms with van der Waals surface area (Å²) in [6, 6.07) is 16.3. The summed E-state index contributed by atoms with van der Waals surface area (Å²) >= 11 is 0. The van der Waals surface area contributed by atoms with E-state index in [9.17, 15) is 14.4 Å². The van der Waals surface area contributed by atoms with E-state index in [1.807, 2.05) is 30.3 Å². The molecule has 0 saturated carbocycles. The van der Waals surface area contributed by atoms with Crippen molar-refractivity contribution in [3.63, 3.8) is 0 Å². The van der Waals surface area contributed by atoms with Crippen LogP contribution in [0, 0.1) is 0 Å². The molecule has 0 saturated heterocycles. The third-order valence-electron chi connectivity index (χ3n) is 3.84. The van der Waals surface area contributed by atoms with Crippen LogP contribution < -0.4 is 10.2 Å². The Bertz CT molecular complexity index is 774. The van der Waals surface area contributed by atoms with E-state index in [2.05, 4.69) is 10.1 Å². The second-order valence-electron chi connectivity index (χ2n) is 5.73. The van der Waals surface area contributed by atoms with Gasteiger partial charge < -0.3 is 15.0 Å². The zero-order valence-corrected chi connectivity index (χ0v) is 14.9. The molecule has 2 rings (SSSR count). The van der Waals surface area contributed by atoms with E-state index in [0.717, 1.165) is 5.56 Å². The summed E-state index contributed by atoms with van der Waals surface area (Å²) in [5.74, 6) is -1.05. The van der Waals surface area contributed by atoms with E-state index in [1.165, 1.54) is 25.0 Å². The quantitative estimate of drug-likeness (QED) is 0.774. The number of nitrogens with zero attached hydrogens (tertiary/aromatic N) is 1. The number of methoxy groups -OCH3 is 1. The van der Waals surface area contributed by atoms with Gasteiger partial charge in [0.1, 0.15) is 6.54 Å². The number of hydrogen-bond acceptors (Lipinski definition) is 4. The number of rotatable bonds is 7. The zero-order valence-electron chi connectivity index (χ0n) is 14.9. The molecule has 0 fully saturated rings. The first-order valence-corrected chi connectivity index (χ1v) is 8.28. The minimum Gasteiger partial charge on any atom is -0.465 e. The van der Waals surface area contributed by atoms with Crippen molar-refractivity contribution in [3.05, 3.63) is 65.7 Å². The number of anilines is 1. The van der Waals surface area contributed by atoms with E-state index in [1.54, 1.807) is 18.2 Å². The fourth-order valence-corrected chi connectivity index (χ4v) is 2.49. The maximum absolute atomic E-state index is 12.2. The molecule has 2 aromatic rings. The van der Waals surface area contributed by atoms with Gasteiger partial charge in [0.25, 0.3) is 0 Å². The molecular formula is C20H22N2O4. The van der Waals surface area contributed by atoms with Crippen molar-refractivity contribution in [1.82, 2.24) is 5.32 Å². The summed E-state index contributed by atoms with van der Waals surface area (Å²) < 4.78 is 4.69. The maximum Gasteiger partial charge on any atom is 0.337 e. The molecule has 0 aliphatic carbocycles. The van der Waals surface area contributed by atoms with Gasteiger partial charge in [0, 0.05) is 19.2 Å². The molecular weight excluding hydrogens is 332 g/mol. The highest BCUT2D eigenvalue weighted by atomic mass is 16.5. The second kappa shape index (κ2) is 9.36. The highest BCUT2D eigenvalue weighted by Gasteiger charge is 2.17. The van der Waals surface area contributed by atoms with Gasteiger partial charge in [0.05, 0.1) is 12.7 Å². The molecule has 0 spiro atoms. The third kappa shape index (κ3) is 5.44. The predicted octanol–water partition coefficient (Wildman–Crippen LogP) is 2.19. The number of ether oxygens (including phenoxy) is 1. The standard InChI is InChI=1S/C20H22N2O4/c1-15(23)22(18-10-6-9-17(13-18)20(25)26-2)14-19(24)21-12-11-16-7-4-3-5-8-16/h3-10,13H,11-12,14H2,1-2H3,(H,21,24). The molecule has 1 N–H and O–H groups in total. The number of nitrogens with one attached hydrogen (secondary N) is 1. The van der Waals surface area contributed by atoms with Crippen LogP contribution >= 0.6 is 0 Å². The first-order valence-electron chi connectivity index (χ1n) is 8.28. The van der Waals surface area contributed by atoms with Crippen molar-refractivity contribution < 1.29 is 19.1 Å². The summed E-state index contributed by atoms with van der Waals surface area (Å²) in [6.07, 6.45) is 0.713. The van der Waals surface area contributed by atoms with Gasteiger partial charge in [0.15, 0.2) is 0 Å². The van der Waals surface area contributed by atoms with E-state index in [4.69, 9.17) is 0 Å². The molecule has 0 aliphatic heterocycles. The SMILES string of the molecule is COC(=O)c1cccc(N(CC(=O)NCCc2ccccc2)C(C)=O)c1. The first-order chi connectivity index (χ1) is 12.5. The molecule has 2 amide bonds. The monoisotopic (exact) mass is 354 g/mol. The van der Waals surface area contributed by atoms with Gasteiger partial charge in [-0.1, -0.05) is 36.4 Å². The summed E-state index contributed by atoms with van der Waals surface area (Å²) in [5, 5.41) is 2.81. The maximum atomic E-state index is 12.2. The number of esters is 1. The highest BCUT2D eigenvalue weighted by molar-refractivity contribution is 5.99.